The van der Waals surface area contributed by atoms with Crippen molar-refractivity contribution in [1.29, 1.82) is 0 Å². The van der Waals surface area contributed by atoms with Crippen molar-refractivity contribution in [2.45, 2.75) is 6.54 Å². The third-order valence-electron chi connectivity index (χ3n) is 4.20. The highest BCUT2D eigenvalue weighted by atomic mass is 32.1. The van der Waals surface area contributed by atoms with Crippen LogP contribution in [0.2, 0.25) is 0 Å². The fraction of sp³-hybridized carbons (Fsp3) is 0.0952. The van der Waals surface area contributed by atoms with Crippen LogP contribution < -0.4 is 20.3 Å². The molecule has 2 heterocycles. The number of hydrogen-bond acceptors (Lipinski definition) is 6. The SMILES string of the molecule is COc1ccccc1Oc1ccc(NC(=O)Cn2cnc3sccc3c2=O)cc1. The Hall–Kier alpha value is -3.65. The minimum absolute atomic E-state index is 0.114. The summed E-state index contributed by atoms with van der Waals surface area (Å²) in [6.45, 7) is -0.114. The first-order chi connectivity index (χ1) is 14.1. The number of hydrogen-bond donors (Lipinski definition) is 1. The molecule has 29 heavy (non-hydrogen) atoms. The molecule has 0 unspecified atom stereocenters. The van der Waals surface area contributed by atoms with Crippen LogP contribution >= 0.6 is 11.3 Å². The van der Waals surface area contributed by atoms with E-state index in [4.69, 9.17) is 9.47 Å². The average Bonchev–Trinajstić information content (AvgIpc) is 3.22. The van der Waals surface area contributed by atoms with Crippen LogP contribution in [0, 0.1) is 0 Å². The highest BCUT2D eigenvalue weighted by Crippen LogP contribution is 2.31. The zero-order valence-electron chi connectivity index (χ0n) is 15.5. The summed E-state index contributed by atoms with van der Waals surface area (Å²) in [4.78, 5) is 29.6. The Morgan fingerprint density at radius 1 is 1.10 bits per heavy atom. The standard InChI is InChI=1S/C21H17N3O4S/c1-27-17-4-2-3-5-18(17)28-15-8-6-14(7-9-15)23-19(25)12-24-13-22-20-16(21(24)26)10-11-29-20/h2-11,13H,12H2,1H3,(H,23,25). The first kappa shape index (κ1) is 18.7. The lowest BCUT2D eigenvalue weighted by molar-refractivity contribution is -0.116. The Balaban J connectivity index is 1.42. The molecule has 0 bridgehead atoms. The van der Waals surface area contributed by atoms with Gasteiger partial charge in [0.05, 0.1) is 18.8 Å². The Labute approximate surface area is 170 Å². The number of rotatable bonds is 6. The Bertz CT molecular complexity index is 1210. The van der Waals surface area contributed by atoms with Crippen molar-refractivity contribution in [3.8, 4) is 17.2 Å². The zero-order valence-corrected chi connectivity index (χ0v) is 16.3. The van der Waals surface area contributed by atoms with E-state index in [2.05, 4.69) is 10.3 Å². The molecule has 0 saturated carbocycles. The summed E-state index contributed by atoms with van der Waals surface area (Å²) in [7, 11) is 1.58. The summed E-state index contributed by atoms with van der Waals surface area (Å²) >= 11 is 1.39. The molecule has 0 aliphatic carbocycles. The molecular weight excluding hydrogens is 390 g/mol. The molecule has 146 valence electrons. The van der Waals surface area contributed by atoms with Crippen molar-refractivity contribution in [2.75, 3.05) is 12.4 Å². The summed E-state index contributed by atoms with van der Waals surface area (Å²) in [6, 6.07) is 16.0. The van der Waals surface area contributed by atoms with Gasteiger partial charge >= 0.3 is 0 Å². The third-order valence-corrected chi connectivity index (χ3v) is 5.02. The maximum Gasteiger partial charge on any atom is 0.262 e. The van der Waals surface area contributed by atoms with Gasteiger partial charge in [0.15, 0.2) is 11.5 Å². The van der Waals surface area contributed by atoms with Gasteiger partial charge in [-0.2, -0.15) is 0 Å². The van der Waals surface area contributed by atoms with E-state index in [1.807, 2.05) is 24.3 Å². The predicted molar refractivity (Wildman–Crippen MR) is 112 cm³/mol. The van der Waals surface area contributed by atoms with Crippen LogP contribution in [0.1, 0.15) is 0 Å². The lowest BCUT2D eigenvalue weighted by Gasteiger charge is -2.11. The smallest absolute Gasteiger partial charge is 0.262 e. The van der Waals surface area contributed by atoms with Crippen molar-refractivity contribution in [1.82, 2.24) is 9.55 Å². The number of carbonyl (C=O) groups excluding carboxylic acids is 1. The molecular formula is C21H17N3O4S. The number of anilines is 1. The van der Waals surface area contributed by atoms with Gasteiger partial charge in [-0.15, -0.1) is 11.3 Å². The first-order valence-corrected chi connectivity index (χ1v) is 9.65. The van der Waals surface area contributed by atoms with Gasteiger partial charge in [-0.25, -0.2) is 4.98 Å². The van der Waals surface area contributed by atoms with Crippen molar-refractivity contribution in [3.05, 3.63) is 76.7 Å². The van der Waals surface area contributed by atoms with E-state index in [1.165, 1.54) is 22.2 Å². The fourth-order valence-electron chi connectivity index (χ4n) is 2.80. The van der Waals surface area contributed by atoms with Crippen LogP contribution in [0.15, 0.2) is 71.1 Å². The van der Waals surface area contributed by atoms with Gasteiger partial charge in [0.2, 0.25) is 5.91 Å². The largest absolute Gasteiger partial charge is 0.493 e. The van der Waals surface area contributed by atoms with E-state index in [1.54, 1.807) is 42.8 Å². The lowest BCUT2D eigenvalue weighted by atomic mass is 10.3. The molecule has 4 rings (SSSR count). The van der Waals surface area contributed by atoms with Crippen molar-refractivity contribution < 1.29 is 14.3 Å². The van der Waals surface area contributed by atoms with Crippen molar-refractivity contribution in [2.24, 2.45) is 0 Å². The number of amides is 1. The molecule has 0 radical (unpaired) electrons. The average molecular weight is 407 g/mol. The van der Waals surface area contributed by atoms with E-state index < -0.39 is 0 Å². The number of thiophene rings is 1. The maximum atomic E-state index is 12.4. The highest BCUT2D eigenvalue weighted by Gasteiger charge is 2.10. The molecule has 8 heteroatoms. The molecule has 0 spiro atoms. The molecule has 7 nitrogen and oxygen atoms in total. The molecule has 0 fully saturated rings. The van der Waals surface area contributed by atoms with Crippen LogP contribution in [-0.2, 0) is 11.3 Å². The molecule has 0 saturated heterocycles. The number of para-hydroxylation sites is 2. The molecule has 4 aromatic rings. The minimum Gasteiger partial charge on any atom is -0.493 e. The van der Waals surface area contributed by atoms with Crippen LogP contribution in [0.25, 0.3) is 10.2 Å². The van der Waals surface area contributed by atoms with E-state index in [0.717, 1.165) is 0 Å². The van der Waals surface area contributed by atoms with Gasteiger partial charge in [0, 0.05) is 5.69 Å². The Kier molecular flexibility index (Phi) is 5.26. The number of nitrogens with zero attached hydrogens (tertiary/aromatic N) is 2. The molecule has 2 aromatic heterocycles. The second-order valence-electron chi connectivity index (χ2n) is 6.14. The lowest BCUT2D eigenvalue weighted by Crippen LogP contribution is -2.27. The van der Waals surface area contributed by atoms with Gasteiger partial charge in [0.25, 0.3) is 5.56 Å². The van der Waals surface area contributed by atoms with Gasteiger partial charge < -0.3 is 14.8 Å². The summed E-state index contributed by atoms with van der Waals surface area (Å²) in [5.74, 6) is 1.52. The number of carbonyl (C=O) groups is 1. The monoisotopic (exact) mass is 407 g/mol. The van der Waals surface area contributed by atoms with E-state index >= 15 is 0 Å². The number of fused-ring (bicyclic) bond motifs is 1. The van der Waals surface area contributed by atoms with Crippen LogP contribution in [0.3, 0.4) is 0 Å². The van der Waals surface area contributed by atoms with Gasteiger partial charge in [0.1, 0.15) is 17.1 Å². The predicted octanol–water partition coefficient (Wildman–Crippen LogP) is 3.90. The topological polar surface area (TPSA) is 82.4 Å². The van der Waals surface area contributed by atoms with Crippen molar-refractivity contribution in [3.63, 3.8) is 0 Å². The van der Waals surface area contributed by atoms with Crippen molar-refractivity contribution >= 4 is 33.1 Å². The number of benzene rings is 2. The zero-order chi connectivity index (χ0) is 20.2. The molecule has 0 aliphatic heterocycles. The first-order valence-electron chi connectivity index (χ1n) is 8.77. The molecule has 2 aromatic carbocycles. The molecule has 1 N–H and O–H groups in total. The maximum absolute atomic E-state index is 12.4. The third kappa shape index (κ3) is 4.12. The Morgan fingerprint density at radius 2 is 1.86 bits per heavy atom. The van der Waals surface area contributed by atoms with Gasteiger partial charge in [-0.05, 0) is 47.8 Å². The second kappa shape index (κ2) is 8.15. The quantitative estimate of drug-likeness (QED) is 0.524. The minimum atomic E-state index is -0.318. The summed E-state index contributed by atoms with van der Waals surface area (Å²) in [6.07, 6.45) is 1.39. The number of nitrogens with one attached hydrogen (secondary N) is 1. The van der Waals surface area contributed by atoms with Crippen LogP contribution in [-0.4, -0.2) is 22.6 Å². The molecule has 1 amide bonds. The van der Waals surface area contributed by atoms with Gasteiger partial charge in [-0.3, -0.25) is 14.2 Å². The fourth-order valence-corrected chi connectivity index (χ4v) is 3.52. The van der Waals surface area contributed by atoms with E-state index in [9.17, 15) is 9.59 Å². The summed E-state index contributed by atoms with van der Waals surface area (Å²) < 4.78 is 12.4. The number of methoxy groups -OCH3 is 1. The van der Waals surface area contributed by atoms with E-state index in [-0.39, 0.29) is 18.0 Å². The van der Waals surface area contributed by atoms with Gasteiger partial charge in [-0.1, -0.05) is 12.1 Å². The normalized spacial score (nSPS) is 10.7. The number of ether oxygens (including phenoxy) is 2. The molecule has 0 atom stereocenters. The van der Waals surface area contributed by atoms with Crippen LogP contribution in [0.5, 0.6) is 17.2 Å². The summed E-state index contributed by atoms with van der Waals surface area (Å²) in [5, 5.41) is 5.09. The highest BCUT2D eigenvalue weighted by molar-refractivity contribution is 7.16. The Morgan fingerprint density at radius 3 is 2.62 bits per heavy atom. The molecule has 0 aliphatic rings. The van der Waals surface area contributed by atoms with E-state index in [0.29, 0.717) is 33.2 Å². The second-order valence-corrected chi connectivity index (χ2v) is 7.04. The number of aromatic nitrogens is 2. The van der Waals surface area contributed by atoms with Crippen LogP contribution in [0.4, 0.5) is 5.69 Å². The summed E-state index contributed by atoms with van der Waals surface area (Å²) in [5.41, 5.74) is 0.368.